The molecule has 1 heterocycles. The summed E-state index contributed by atoms with van der Waals surface area (Å²) in [6.07, 6.45) is 0. The van der Waals surface area contributed by atoms with Crippen LogP contribution >= 0.6 is 11.6 Å². The highest BCUT2D eigenvalue weighted by Crippen LogP contribution is 2.25. The van der Waals surface area contributed by atoms with Gasteiger partial charge in [0.05, 0.1) is 18.1 Å². The number of nitrogens with zero attached hydrogens (tertiary/aromatic N) is 1. The molecule has 1 fully saturated rings. The lowest BCUT2D eigenvalue weighted by Crippen LogP contribution is -2.43. The molecule has 27 heavy (non-hydrogen) atoms. The quantitative estimate of drug-likeness (QED) is 0.796. The summed E-state index contributed by atoms with van der Waals surface area (Å²) in [5.41, 5.74) is 2.65. The molecule has 1 saturated heterocycles. The summed E-state index contributed by atoms with van der Waals surface area (Å²) in [5, 5.41) is 0.642. The maximum absolute atomic E-state index is 12.9. The molecule has 0 aliphatic carbocycles. The van der Waals surface area contributed by atoms with Crippen molar-refractivity contribution in [2.75, 3.05) is 32.8 Å². The number of sulfonamides is 1. The van der Waals surface area contributed by atoms with Crippen LogP contribution in [0.2, 0.25) is 5.02 Å². The standard InChI is InChI=1S/C20H25ClN2O3S/c1-15-6-7-16(2)20(12-15)27(24,25)22-14-19(23-8-10-26-11-9-23)17-4-3-5-18(21)13-17/h3-7,12-13,19,22H,8-11,14H2,1-2H3. The third kappa shape index (κ3) is 5.09. The molecule has 5 nitrogen and oxygen atoms in total. The van der Waals surface area contributed by atoms with Crippen LogP contribution in [0, 0.1) is 13.8 Å². The van der Waals surface area contributed by atoms with Gasteiger partial charge >= 0.3 is 0 Å². The molecule has 0 aromatic heterocycles. The van der Waals surface area contributed by atoms with Crippen molar-refractivity contribution in [1.82, 2.24) is 9.62 Å². The van der Waals surface area contributed by atoms with Crippen LogP contribution in [0.15, 0.2) is 47.4 Å². The molecular formula is C20H25ClN2O3S. The molecule has 2 aromatic carbocycles. The van der Waals surface area contributed by atoms with Crippen LogP contribution < -0.4 is 4.72 Å². The van der Waals surface area contributed by atoms with Gasteiger partial charge in [0.2, 0.25) is 10.0 Å². The molecule has 3 rings (SSSR count). The minimum atomic E-state index is -3.61. The first-order valence-corrected chi connectivity index (χ1v) is 10.9. The lowest BCUT2D eigenvalue weighted by Gasteiger charge is -2.35. The van der Waals surface area contributed by atoms with Crippen molar-refractivity contribution in [3.05, 3.63) is 64.2 Å². The predicted molar refractivity (Wildman–Crippen MR) is 108 cm³/mol. The highest BCUT2D eigenvalue weighted by molar-refractivity contribution is 7.89. The Balaban J connectivity index is 1.84. The Morgan fingerprint density at radius 2 is 1.89 bits per heavy atom. The fourth-order valence-corrected chi connectivity index (χ4v) is 4.89. The van der Waals surface area contributed by atoms with Crippen molar-refractivity contribution in [1.29, 1.82) is 0 Å². The van der Waals surface area contributed by atoms with Gasteiger partial charge < -0.3 is 4.74 Å². The van der Waals surface area contributed by atoms with E-state index in [1.54, 1.807) is 6.07 Å². The number of rotatable bonds is 6. The Hall–Kier alpha value is -1.44. The Labute approximate surface area is 166 Å². The molecule has 1 atom stereocenters. The molecule has 0 bridgehead atoms. The van der Waals surface area contributed by atoms with E-state index in [2.05, 4.69) is 9.62 Å². The number of aryl methyl sites for hydroxylation is 2. The van der Waals surface area contributed by atoms with Gasteiger partial charge in [-0.3, -0.25) is 4.90 Å². The Kier molecular flexibility index (Phi) is 6.55. The fourth-order valence-electron chi connectivity index (χ4n) is 3.32. The molecule has 146 valence electrons. The Bertz CT molecular complexity index is 896. The van der Waals surface area contributed by atoms with Gasteiger partial charge in [0.25, 0.3) is 0 Å². The third-order valence-corrected chi connectivity index (χ3v) is 6.62. The first kappa shape index (κ1) is 20.3. The second-order valence-electron chi connectivity index (χ2n) is 6.84. The fraction of sp³-hybridized carbons (Fsp3) is 0.400. The monoisotopic (exact) mass is 408 g/mol. The van der Waals surface area contributed by atoms with Gasteiger partial charge in [0, 0.05) is 30.7 Å². The van der Waals surface area contributed by atoms with Gasteiger partial charge in [-0.1, -0.05) is 35.9 Å². The second-order valence-corrected chi connectivity index (χ2v) is 9.01. The van der Waals surface area contributed by atoms with Gasteiger partial charge in [-0.05, 0) is 48.7 Å². The second kappa shape index (κ2) is 8.71. The third-order valence-electron chi connectivity index (χ3n) is 4.82. The summed E-state index contributed by atoms with van der Waals surface area (Å²) in [6, 6.07) is 12.9. The molecule has 0 radical (unpaired) electrons. The number of ether oxygens (including phenoxy) is 1. The van der Waals surface area contributed by atoms with E-state index >= 15 is 0 Å². The Morgan fingerprint density at radius 1 is 1.15 bits per heavy atom. The van der Waals surface area contributed by atoms with Crippen molar-refractivity contribution in [3.63, 3.8) is 0 Å². The van der Waals surface area contributed by atoms with Crippen LogP contribution in [0.25, 0.3) is 0 Å². The molecular weight excluding hydrogens is 384 g/mol. The first-order valence-electron chi connectivity index (χ1n) is 9.01. The van der Waals surface area contributed by atoms with Gasteiger partial charge in [-0.2, -0.15) is 0 Å². The van der Waals surface area contributed by atoms with E-state index in [-0.39, 0.29) is 12.6 Å². The zero-order valence-electron chi connectivity index (χ0n) is 15.6. The maximum atomic E-state index is 12.9. The number of nitrogens with one attached hydrogen (secondary N) is 1. The van der Waals surface area contributed by atoms with Crippen molar-refractivity contribution in [2.24, 2.45) is 0 Å². The van der Waals surface area contributed by atoms with Crippen LogP contribution in [0.1, 0.15) is 22.7 Å². The number of benzene rings is 2. The van der Waals surface area contributed by atoms with Crippen LogP contribution in [-0.2, 0) is 14.8 Å². The Morgan fingerprint density at radius 3 is 2.59 bits per heavy atom. The largest absolute Gasteiger partial charge is 0.379 e. The summed E-state index contributed by atoms with van der Waals surface area (Å²) in [4.78, 5) is 2.56. The van der Waals surface area contributed by atoms with Crippen LogP contribution in [0.4, 0.5) is 0 Å². The van der Waals surface area contributed by atoms with E-state index in [1.807, 2.05) is 50.2 Å². The van der Waals surface area contributed by atoms with Crippen molar-refractivity contribution in [3.8, 4) is 0 Å². The zero-order valence-corrected chi connectivity index (χ0v) is 17.2. The number of halogens is 1. The lowest BCUT2D eigenvalue weighted by molar-refractivity contribution is 0.0172. The van der Waals surface area contributed by atoms with Crippen molar-refractivity contribution >= 4 is 21.6 Å². The summed E-state index contributed by atoms with van der Waals surface area (Å²) < 4.78 is 34.1. The van der Waals surface area contributed by atoms with E-state index in [9.17, 15) is 8.42 Å². The lowest BCUT2D eigenvalue weighted by atomic mass is 10.1. The molecule has 2 aromatic rings. The predicted octanol–water partition coefficient (Wildman–Crippen LogP) is 3.31. The molecule has 7 heteroatoms. The van der Waals surface area contributed by atoms with Gasteiger partial charge in [0.1, 0.15) is 0 Å². The van der Waals surface area contributed by atoms with Crippen LogP contribution in [0.3, 0.4) is 0 Å². The van der Waals surface area contributed by atoms with Gasteiger partial charge in [0.15, 0.2) is 0 Å². The van der Waals surface area contributed by atoms with Crippen molar-refractivity contribution in [2.45, 2.75) is 24.8 Å². The van der Waals surface area contributed by atoms with Crippen LogP contribution in [-0.4, -0.2) is 46.2 Å². The average Bonchev–Trinajstić information content (AvgIpc) is 2.65. The normalized spacial score (nSPS) is 17.0. The van der Waals surface area contributed by atoms with Gasteiger partial charge in [-0.15, -0.1) is 0 Å². The van der Waals surface area contributed by atoms with E-state index in [0.29, 0.717) is 23.1 Å². The van der Waals surface area contributed by atoms with Crippen LogP contribution in [0.5, 0.6) is 0 Å². The molecule has 0 saturated carbocycles. The summed E-state index contributed by atoms with van der Waals surface area (Å²) in [6.45, 7) is 6.76. The van der Waals surface area contributed by atoms with E-state index < -0.39 is 10.0 Å². The minimum absolute atomic E-state index is 0.104. The topological polar surface area (TPSA) is 58.6 Å². The molecule has 1 aliphatic rings. The maximum Gasteiger partial charge on any atom is 0.240 e. The molecule has 0 spiro atoms. The summed E-state index contributed by atoms with van der Waals surface area (Å²) in [5.74, 6) is 0. The summed E-state index contributed by atoms with van der Waals surface area (Å²) >= 11 is 6.17. The van der Waals surface area contributed by atoms with Gasteiger partial charge in [-0.25, -0.2) is 13.1 Å². The minimum Gasteiger partial charge on any atom is -0.379 e. The summed E-state index contributed by atoms with van der Waals surface area (Å²) in [7, 11) is -3.61. The zero-order chi connectivity index (χ0) is 19.4. The molecule has 0 amide bonds. The number of morpholine rings is 1. The number of hydrogen-bond donors (Lipinski definition) is 1. The average molecular weight is 409 g/mol. The number of hydrogen-bond acceptors (Lipinski definition) is 4. The molecule has 1 aliphatic heterocycles. The van der Waals surface area contributed by atoms with E-state index in [1.165, 1.54) is 0 Å². The first-order chi connectivity index (χ1) is 12.9. The SMILES string of the molecule is Cc1ccc(C)c(S(=O)(=O)NCC(c2cccc(Cl)c2)N2CCOCC2)c1. The van der Waals surface area contributed by atoms with Crippen molar-refractivity contribution < 1.29 is 13.2 Å². The van der Waals surface area contributed by atoms with E-state index in [4.69, 9.17) is 16.3 Å². The highest BCUT2D eigenvalue weighted by atomic mass is 35.5. The smallest absolute Gasteiger partial charge is 0.240 e. The highest BCUT2D eigenvalue weighted by Gasteiger charge is 2.26. The van der Waals surface area contributed by atoms with E-state index in [0.717, 1.165) is 29.8 Å². The molecule has 1 unspecified atom stereocenters. The molecule has 1 N–H and O–H groups in total.